The minimum atomic E-state index is 0.866. The van der Waals surface area contributed by atoms with Crippen LogP contribution < -0.4 is 5.32 Å². The zero-order chi connectivity index (χ0) is 12.3. The quantitative estimate of drug-likeness (QED) is 0.873. The predicted molar refractivity (Wildman–Crippen MR) is 68.2 cm³/mol. The van der Waals surface area contributed by atoms with E-state index in [1.165, 1.54) is 5.56 Å². The molecule has 0 saturated carbocycles. The molecule has 0 aromatic carbocycles. The lowest BCUT2D eigenvalue weighted by Crippen LogP contribution is -2.12. The fourth-order valence-corrected chi connectivity index (χ4v) is 1.82. The molecule has 0 unspecified atom stereocenters. The number of pyridine rings is 1. The summed E-state index contributed by atoms with van der Waals surface area (Å²) in [5.74, 6) is 0.881. The van der Waals surface area contributed by atoms with Gasteiger partial charge in [0.15, 0.2) is 5.82 Å². The predicted octanol–water partition coefficient (Wildman–Crippen LogP) is 1.99. The van der Waals surface area contributed by atoms with Crippen LogP contribution in [0.25, 0.3) is 5.82 Å². The topological polar surface area (TPSA) is 42.7 Å². The highest BCUT2D eigenvalue weighted by atomic mass is 15.3. The van der Waals surface area contributed by atoms with Gasteiger partial charge in [0.2, 0.25) is 0 Å². The van der Waals surface area contributed by atoms with Gasteiger partial charge in [-0.25, -0.2) is 9.67 Å². The van der Waals surface area contributed by atoms with Crippen LogP contribution in [0.2, 0.25) is 0 Å². The summed E-state index contributed by atoms with van der Waals surface area (Å²) in [4.78, 5) is 4.36. The molecule has 0 saturated heterocycles. The van der Waals surface area contributed by atoms with Gasteiger partial charge in [-0.05, 0) is 44.2 Å². The van der Waals surface area contributed by atoms with Crippen molar-refractivity contribution < 1.29 is 0 Å². The normalized spacial score (nSPS) is 10.8. The Hall–Kier alpha value is -1.68. The van der Waals surface area contributed by atoms with Gasteiger partial charge >= 0.3 is 0 Å². The van der Waals surface area contributed by atoms with Gasteiger partial charge in [0, 0.05) is 18.4 Å². The Morgan fingerprint density at radius 1 is 1.29 bits per heavy atom. The molecule has 0 aliphatic rings. The second-order valence-electron chi connectivity index (χ2n) is 4.14. The Bertz CT molecular complexity index is 502. The third-order valence-electron chi connectivity index (χ3n) is 2.62. The van der Waals surface area contributed by atoms with E-state index in [1.54, 1.807) is 0 Å². The molecule has 0 spiro atoms. The van der Waals surface area contributed by atoms with Crippen molar-refractivity contribution in [2.75, 3.05) is 6.54 Å². The maximum atomic E-state index is 4.44. The molecule has 4 nitrogen and oxygen atoms in total. The molecule has 0 aliphatic carbocycles. The molecular formula is C13H18N4. The first kappa shape index (κ1) is 11.8. The van der Waals surface area contributed by atoms with Crippen molar-refractivity contribution in [1.82, 2.24) is 20.1 Å². The Morgan fingerprint density at radius 2 is 2.12 bits per heavy atom. The lowest BCUT2D eigenvalue weighted by atomic mass is 10.2. The van der Waals surface area contributed by atoms with Gasteiger partial charge < -0.3 is 5.32 Å². The van der Waals surface area contributed by atoms with Gasteiger partial charge in [-0.15, -0.1) is 0 Å². The standard InChI is InChI=1S/C13H18N4/c1-4-14-9-12-5-6-15-13(8-12)17-11(3)7-10(2)16-17/h5-8,14H,4,9H2,1-3H3. The van der Waals surface area contributed by atoms with Crippen LogP contribution in [0.1, 0.15) is 23.9 Å². The second kappa shape index (κ2) is 5.10. The van der Waals surface area contributed by atoms with Crippen molar-refractivity contribution in [2.45, 2.75) is 27.3 Å². The number of aryl methyl sites for hydroxylation is 2. The summed E-state index contributed by atoms with van der Waals surface area (Å²) >= 11 is 0. The van der Waals surface area contributed by atoms with Crippen LogP contribution in [0.5, 0.6) is 0 Å². The van der Waals surface area contributed by atoms with E-state index in [0.717, 1.165) is 30.3 Å². The summed E-state index contributed by atoms with van der Waals surface area (Å²) in [5.41, 5.74) is 3.35. The van der Waals surface area contributed by atoms with Crippen LogP contribution in [0.3, 0.4) is 0 Å². The maximum Gasteiger partial charge on any atom is 0.153 e. The van der Waals surface area contributed by atoms with Gasteiger partial charge in [-0.1, -0.05) is 6.92 Å². The SMILES string of the molecule is CCNCc1ccnc(-n2nc(C)cc2C)c1. The molecule has 0 aliphatic heterocycles. The molecule has 2 heterocycles. The first-order chi connectivity index (χ1) is 8.20. The summed E-state index contributed by atoms with van der Waals surface area (Å²) < 4.78 is 1.88. The third-order valence-corrected chi connectivity index (χ3v) is 2.62. The fraction of sp³-hybridized carbons (Fsp3) is 0.385. The van der Waals surface area contributed by atoms with Gasteiger partial charge in [-0.2, -0.15) is 5.10 Å². The van der Waals surface area contributed by atoms with Crippen LogP contribution in [-0.4, -0.2) is 21.3 Å². The molecule has 0 radical (unpaired) electrons. The van der Waals surface area contributed by atoms with E-state index >= 15 is 0 Å². The van der Waals surface area contributed by atoms with E-state index in [0.29, 0.717) is 0 Å². The molecule has 1 N–H and O–H groups in total. The highest BCUT2D eigenvalue weighted by Crippen LogP contribution is 2.11. The van der Waals surface area contributed by atoms with Gasteiger partial charge in [0.05, 0.1) is 5.69 Å². The van der Waals surface area contributed by atoms with Crippen molar-refractivity contribution >= 4 is 0 Å². The van der Waals surface area contributed by atoms with Crippen molar-refractivity contribution in [3.8, 4) is 5.82 Å². The number of nitrogens with zero attached hydrogens (tertiary/aromatic N) is 3. The smallest absolute Gasteiger partial charge is 0.153 e. The average Bonchev–Trinajstić information content (AvgIpc) is 2.66. The van der Waals surface area contributed by atoms with Crippen LogP contribution in [0.4, 0.5) is 0 Å². The van der Waals surface area contributed by atoms with E-state index in [4.69, 9.17) is 0 Å². The molecule has 0 amide bonds. The largest absolute Gasteiger partial charge is 0.313 e. The van der Waals surface area contributed by atoms with Crippen molar-refractivity contribution in [3.63, 3.8) is 0 Å². The Morgan fingerprint density at radius 3 is 2.76 bits per heavy atom. The monoisotopic (exact) mass is 230 g/mol. The lowest BCUT2D eigenvalue weighted by Gasteiger charge is -2.06. The molecule has 2 aromatic rings. The third kappa shape index (κ3) is 2.71. The number of hydrogen-bond donors (Lipinski definition) is 1. The van der Waals surface area contributed by atoms with Crippen molar-refractivity contribution in [3.05, 3.63) is 41.3 Å². The first-order valence-electron chi connectivity index (χ1n) is 5.90. The minimum Gasteiger partial charge on any atom is -0.313 e. The summed E-state index contributed by atoms with van der Waals surface area (Å²) in [5, 5.41) is 7.74. The average molecular weight is 230 g/mol. The van der Waals surface area contributed by atoms with Gasteiger partial charge in [0.25, 0.3) is 0 Å². The molecule has 4 heteroatoms. The maximum absolute atomic E-state index is 4.44. The molecule has 2 aromatic heterocycles. The zero-order valence-electron chi connectivity index (χ0n) is 10.6. The number of aromatic nitrogens is 3. The summed E-state index contributed by atoms with van der Waals surface area (Å²) in [6, 6.07) is 6.15. The molecule has 90 valence electrons. The van der Waals surface area contributed by atoms with E-state index in [2.05, 4.69) is 34.5 Å². The first-order valence-corrected chi connectivity index (χ1v) is 5.90. The molecular weight excluding hydrogens is 212 g/mol. The van der Waals surface area contributed by atoms with Crippen LogP contribution in [0.15, 0.2) is 24.4 Å². The second-order valence-corrected chi connectivity index (χ2v) is 4.14. The van der Waals surface area contributed by atoms with Gasteiger partial charge in [-0.3, -0.25) is 0 Å². The molecule has 0 fully saturated rings. The fourth-order valence-electron chi connectivity index (χ4n) is 1.82. The van der Waals surface area contributed by atoms with Crippen LogP contribution in [-0.2, 0) is 6.54 Å². The molecule has 0 atom stereocenters. The van der Waals surface area contributed by atoms with E-state index in [1.807, 2.05) is 30.8 Å². The van der Waals surface area contributed by atoms with E-state index < -0.39 is 0 Å². The molecule has 0 bridgehead atoms. The molecule has 17 heavy (non-hydrogen) atoms. The Labute approximate surface area is 102 Å². The van der Waals surface area contributed by atoms with Crippen molar-refractivity contribution in [2.24, 2.45) is 0 Å². The van der Waals surface area contributed by atoms with Crippen LogP contribution in [0, 0.1) is 13.8 Å². The molecule has 2 rings (SSSR count). The van der Waals surface area contributed by atoms with E-state index in [9.17, 15) is 0 Å². The Balaban J connectivity index is 2.29. The summed E-state index contributed by atoms with van der Waals surface area (Å²) in [6.45, 7) is 7.97. The Kier molecular flexibility index (Phi) is 3.54. The number of nitrogens with one attached hydrogen (secondary N) is 1. The lowest BCUT2D eigenvalue weighted by molar-refractivity contribution is 0.722. The van der Waals surface area contributed by atoms with Crippen molar-refractivity contribution in [1.29, 1.82) is 0 Å². The van der Waals surface area contributed by atoms with Crippen LogP contribution >= 0.6 is 0 Å². The highest BCUT2D eigenvalue weighted by molar-refractivity contribution is 5.29. The summed E-state index contributed by atoms with van der Waals surface area (Å²) in [6.07, 6.45) is 1.83. The number of rotatable bonds is 4. The van der Waals surface area contributed by atoms with Gasteiger partial charge in [0.1, 0.15) is 0 Å². The number of hydrogen-bond acceptors (Lipinski definition) is 3. The zero-order valence-corrected chi connectivity index (χ0v) is 10.6. The van der Waals surface area contributed by atoms with E-state index in [-0.39, 0.29) is 0 Å². The minimum absolute atomic E-state index is 0.866. The highest BCUT2D eigenvalue weighted by Gasteiger charge is 2.05. The summed E-state index contributed by atoms with van der Waals surface area (Å²) in [7, 11) is 0.